The van der Waals surface area contributed by atoms with Crippen molar-refractivity contribution >= 4 is 18.2 Å². The lowest BCUT2D eigenvalue weighted by Crippen LogP contribution is -2.13. The fourth-order valence-corrected chi connectivity index (χ4v) is 2.15. The second-order valence-electron chi connectivity index (χ2n) is 5.40. The highest BCUT2D eigenvalue weighted by molar-refractivity contribution is 5.94. The topological polar surface area (TPSA) is 59.1 Å². The van der Waals surface area contributed by atoms with Gasteiger partial charge in [0.05, 0.1) is 0 Å². The zero-order chi connectivity index (χ0) is 15.5. The molecule has 0 radical (unpaired) electrons. The van der Waals surface area contributed by atoms with Crippen molar-refractivity contribution in [1.82, 2.24) is 0 Å². The van der Waals surface area contributed by atoms with Crippen molar-refractivity contribution in [2.75, 3.05) is 6.61 Å². The summed E-state index contributed by atoms with van der Waals surface area (Å²) < 4.78 is 19.1. The Bertz CT molecular complexity index is 412. The standard InChI is InChI=1S/C17H27FN2O.ClH/c1-2-3-4-5-6-7-8-15(18)13-21-16-11-9-14(10-12-16)17(19)20;/h9-12,15H,2-8,13H2,1H3,(H3,19,20);1H. The Morgan fingerprint density at radius 3 is 2.32 bits per heavy atom. The fourth-order valence-electron chi connectivity index (χ4n) is 2.15. The van der Waals surface area contributed by atoms with Crippen molar-refractivity contribution in [3.63, 3.8) is 0 Å². The Labute approximate surface area is 139 Å². The molecule has 0 spiro atoms. The Morgan fingerprint density at radius 2 is 1.73 bits per heavy atom. The van der Waals surface area contributed by atoms with Crippen LogP contribution in [0.15, 0.2) is 24.3 Å². The molecule has 0 bridgehead atoms. The number of rotatable bonds is 11. The van der Waals surface area contributed by atoms with E-state index in [1.54, 1.807) is 24.3 Å². The van der Waals surface area contributed by atoms with Crippen molar-refractivity contribution in [3.05, 3.63) is 29.8 Å². The molecule has 3 N–H and O–H groups in total. The smallest absolute Gasteiger partial charge is 0.134 e. The van der Waals surface area contributed by atoms with E-state index in [0.29, 0.717) is 17.7 Å². The summed E-state index contributed by atoms with van der Waals surface area (Å²) in [6, 6.07) is 6.85. The first-order chi connectivity index (χ1) is 10.1. The number of hydrogen-bond donors (Lipinski definition) is 2. The quantitative estimate of drug-likeness (QED) is 0.346. The van der Waals surface area contributed by atoms with Crippen LogP contribution in [-0.2, 0) is 0 Å². The molecule has 0 aromatic heterocycles. The lowest BCUT2D eigenvalue weighted by Gasteiger charge is -2.11. The van der Waals surface area contributed by atoms with Crippen molar-refractivity contribution < 1.29 is 9.13 Å². The van der Waals surface area contributed by atoms with Gasteiger partial charge < -0.3 is 10.5 Å². The zero-order valence-corrected chi connectivity index (χ0v) is 14.1. The van der Waals surface area contributed by atoms with Crippen LogP contribution in [0.25, 0.3) is 0 Å². The van der Waals surface area contributed by atoms with Crippen LogP contribution in [0.5, 0.6) is 5.75 Å². The van der Waals surface area contributed by atoms with Gasteiger partial charge in [0.25, 0.3) is 0 Å². The Balaban J connectivity index is 0.00000441. The molecule has 1 unspecified atom stereocenters. The summed E-state index contributed by atoms with van der Waals surface area (Å²) in [6.45, 7) is 2.28. The van der Waals surface area contributed by atoms with Gasteiger partial charge >= 0.3 is 0 Å². The summed E-state index contributed by atoms with van der Waals surface area (Å²) in [4.78, 5) is 0. The lowest BCUT2D eigenvalue weighted by molar-refractivity contribution is 0.184. The molecule has 0 amide bonds. The minimum absolute atomic E-state index is 0. The Morgan fingerprint density at radius 1 is 1.14 bits per heavy atom. The molecule has 1 aromatic rings. The molecular formula is C17H28ClFN2O. The first-order valence-electron chi connectivity index (χ1n) is 7.84. The van der Waals surface area contributed by atoms with Crippen LogP contribution < -0.4 is 10.5 Å². The number of amidine groups is 1. The lowest BCUT2D eigenvalue weighted by atomic mass is 10.1. The van der Waals surface area contributed by atoms with Gasteiger partial charge in [0.2, 0.25) is 0 Å². The molecule has 1 atom stereocenters. The van der Waals surface area contributed by atoms with E-state index in [-0.39, 0.29) is 24.8 Å². The molecule has 0 aliphatic heterocycles. The number of nitrogen functional groups attached to an aromatic ring is 1. The normalized spacial score (nSPS) is 11.5. The van der Waals surface area contributed by atoms with E-state index in [4.69, 9.17) is 15.9 Å². The van der Waals surface area contributed by atoms with Gasteiger partial charge in [0, 0.05) is 5.56 Å². The highest BCUT2D eigenvalue weighted by Crippen LogP contribution is 2.15. The number of halogens is 2. The van der Waals surface area contributed by atoms with Crippen LogP contribution in [0.4, 0.5) is 4.39 Å². The predicted octanol–water partition coefficient (Wildman–Crippen LogP) is 4.86. The van der Waals surface area contributed by atoms with E-state index < -0.39 is 6.17 Å². The molecule has 0 saturated heterocycles. The van der Waals surface area contributed by atoms with Crippen LogP contribution in [-0.4, -0.2) is 18.6 Å². The third-order valence-corrected chi connectivity index (χ3v) is 3.47. The van der Waals surface area contributed by atoms with Crippen LogP contribution in [0.3, 0.4) is 0 Å². The average molecular weight is 331 g/mol. The molecule has 0 aliphatic carbocycles. The summed E-state index contributed by atoms with van der Waals surface area (Å²) in [5.74, 6) is 0.638. The molecule has 0 heterocycles. The third kappa shape index (κ3) is 8.88. The highest BCUT2D eigenvalue weighted by Gasteiger charge is 2.07. The average Bonchev–Trinajstić information content (AvgIpc) is 2.49. The van der Waals surface area contributed by atoms with Crippen molar-refractivity contribution in [3.8, 4) is 5.75 Å². The predicted molar refractivity (Wildman–Crippen MR) is 93.1 cm³/mol. The minimum atomic E-state index is -0.913. The first-order valence-corrected chi connectivity index (χ1v) is 7.84. The third-order valence-electron chi connectivity index (χ3n) is 3.47. The number of benzene rings is 1. The van der Waals surface area contributed by atoms with Gasteiger partial charge in [-0.05, 0) is 30.7 Å². The fraction of sp³-hybridized carbons (Fsp3) is 0.588. The van der Waals surface area contributed by atoms with Crippen molar-refractivity contribution in [1.29, 1.82) is 5.41 Å². The van der Waals surface area contributed by atoms with Gasteiger partial charge in [-0.1, -0.05) is 45.4 Å². The Hall–Kier alpha value is -1.29. The second kappa shape index (κ2) is 12.3. The monoisotopic (exact) mass is 330 g/mol. The molecule has 22 heavy (non-hydrogen) atoms. The van der Waals surface area contributed by atoms with Gasteiger partial charge in [-0.15, -0.1) is 12.4 Å². The molecule has 0 fully saturated rings. The van der Waals surface area contributed by atoms with Crippen molar-refractivity contribution in [2.24, 2.45) is 5.73 Å². The largest absolute Gasteiger partial charge is 0.491 e. The molecule has 1 aromatic carbocycles. The Kier molecular flexibility index (Phi) is 11.6. The maximum Gasteiger partial charge on any atom is 0.134 e. The molecular weight excluding hydrogens is 303 g/mol. The van der Waals surface area contributed by atoms with Gasteiger partial charge in [0.15, 0.2) is 0 Å². The van der Waals surface area contributed by atoms with Crippen LogP contribution in [0.1, 0.15) is 57.4 Å². The van der Waals surface area contributed by atoms with E-state index >= 15 is 0 Å². The maximum absolute atomic E-state index is 13.7. The number of nitrogens with two attached hydrogens (primary N) is 1. The molecule has 1 rings (SSSR count). The number of hydrogen-bond acceptors (Lipinski definition) is 2. The van der Waals surface area contributed by atoms with Crippen LogP contribution in [0, 0.1) is 5.41 Å². The van der Waals surface area contributed by atoms with Gasteiger partial charge in [-0.3, -0.25) is 5.41 Å². The minimum Gasteiger partial charge on any atom is -0.491 e. The maximum atomic E-state index is 13.7. The summed E-state index contributed by atoms with van der Waals surface area (Å²) in [7, 11) is 0. The van der Waals surface area contributed by atoms with Crippen molar-refractivity contribution in [2.45, 2.75) is 58.0 Å². The second-order valence-corrected chi connectivity index (χ2v) is 5.40. The molecule has 5 heteroatoms. The molecule has 126 valence electrons. The van der Waals surface area contributed by atoms with E-state index in [0.717, 1.165) is 12.8 Å². The zero-order valence-electron chi connectivity index (χ0n) is 13.3. The molecule has 0 saturated carbocycles. The number of ether oxygens (including phenoxy) is 1. The van der Waals surface area contributed by atoms with Crippen LogP contribution in [0.2, 0.25) is 0 Å². The van der Waals surface area contributed by atoms with Gasteiger partial charge in [-0.25, -0.2) is 4.39 Å². The molecule has 0 aliphatic rings. The van der Waals surface area contributed by atoms with E-state index in [1.165, 1.54) is 25.7 Å². The SMILES string of the molecule is CCCCCCCCC(F)COc1ccc(C(=N)N)cc1.Cl. The number of alkyl halides is 1. The summed E-state index contributed by atoms with van der Waals surface area (Å²) in [6.07, 6.45) is 6.66. The first kappa shape index (κ1) is 20.7. The van der Waals surface area contributed by atoms with Gasteiger partial charge in [0.1, 0.15) is 24.4 Å². The summed E-state index contributed by atoms with van der Waals surface area (Å²) in [5, 5.41) is 7.29. The van der Waals surface area contributed by atoms with Gasteiger partial charge in [-0.2, -0.15) is 0 Å². The molecule has 3 nitrogen and oxygen atoms in total. The highest BCUT2D eigenvalue weighted by atomic mass is 35.5. The number of nitrogens with one attached hydrogen (secondary N) is 1. The summed E-state index contributed by atoms with van der Waals surface area (Å²) in [5.41, 5.74) is 6.01. The van der Waals surface area contributed by atoms with E-state index in [1.807, 2.05) is 0 Å². The number of unbranched alkanes of at least 4 members (excludes halogenated alkanes) is 5. The van der Waals surface area contributed by atoms with E-state index in [2.05, 4.69) is 6.92 Å². The van der Waals surface area contributed by atoms with Crippen LogP contribution >= 0.6 is 12.4 Å². The van der Waals surface area contributed by atoms with E-state index in [9.17, 15) is 4.39 Å². The summed E-state index contributed by atoms with van der Waals surface area (Å²) >= 11 is 0.